The Morgan fingerprint density at radius 2 is 1.03 bits per heavy atom. The molecular formula is C30H40Cl2HfSi. The molecule has 34 heavy (non-hydrogen) atoms. The van der Waals surface area contributed by atoms with Gasteiger partial charge in [0.15, 0.2) is 0 Å². The zero-order chi connectivity index (χ0) is 22.3. The van der Waals surface area contributed by atoms with Gasteiger partial charge in [0.2, 0.25) is 0 Å². The SMILES string of the molecule is CCC1=Cc2c(C3CC3)cccc2[CH]1[Hf]([CH3])([CH3])(=[SiH2])[CH]1C(CC)=Cc2c(C3CC3)cccc21.Cl.Cl. The first-order chi connectivity index (χ1) is 15.3. The van der Waals surface area contributed by atoms with E-state index in [4.69, 9.17) is 0 Å². The van der Waals surface area contributed by atoms with Crippen molar-refractivity contribution in [1.82, 2.24) is 0 Å². The van der Waals surface area contributed by atoms with Crippen molar-refractivity contribution >= 4 is 43.9 Å². The monoisotopic (exact) mass is 678 g/mol. The van der Waals surface area contributed by atoms with Crippen molar-refractivity contribution in [3.63, 3.8) is 0 Å². The van der Waals surface area contributed by atoms with Gasteiger partial charge < -0.3 is 0 Å². The van der Waals surface area contributed by atoms with Crippen molar-refractivity contribution < 1.29 is 17.1 Å². The van der Waals surface area contributed by atoms with Crippen LogP contribution in [-0.4, -0.2) is 6.94 Å². The fraction of sp³-hybridized carbons (Fsp3) is 0.467. The molecule has 0 amide bonds. The quantitative estimate of drug-likeness (QED) is 0.268. The second-order valence-corrected chi connectivity index (χ2v) is 55.7. The first-order valence-electron chi connectivity index (χ1n) is 13.1. The summed E-state index contributed by atoms with van der Waals surface area (Å²) in [7, 11) is 0. The molecule has 0 spiro atoms. The van der Waals surface area contributed by atoms with E-state index in [-0.39, 0.29) is 24.8 Å². The molecule has 0 N–H and O–H groups in total. The van der Waals surface area contributed by atoms with Gasteiger partial charge in [-0.25, -0.2) is 0 Å². The minimum atomic E-state index is -3.49. The fourth-order valence-corrected chi connectivity index (χ4v) is 36.6. The molecule has 4 aliphatic carbocycles. The zero-order valence-electron chi connectivity index (χ0n) is 21.2. The molecule has 4 heteroatoms. The van der Waals surface area contributed by atoms with E-state index in [1.165, 1.54) is 38.5 Å². The minimum Gasteiger partial charge on any atom is -0.147 e. The van der Waals surface area contributed by atoms with E-state index in [0.29, 0.717) is 7.35 Å². The molecule has 2 atom stereocenters. The average molecular weight is 678 g/mol. The maximum Gasteiger partial charge on any atom is -0.147 e. The summed E-state index contributed by atoms with van der Waals surface area (Å²) in [4.78, 5) is 0. The first-order valence-corrected chi connectivity index (χ1v) is 32.7. The summed E-state index contributed by atoms with van der Waals surface area (Å²) in [6.07, 6.45) is 13.3. The van der Waals surface area contributed by atoms with Crippen molar-refractivity contribution in [2.24, 2.45) is 0 Å². The molecule has 2 aromatic rings. The third kappa shape index (κ3) is 4.03. The summed E-state index contributed by atoms with van der Waals surface area (Å²) in [5.41, 5.74) is 13.4. The predicted octanol–water partition coefficient (Wildman–Crippen LogP) is 9.02. The van der Waals surface area contributed by atoms with Crippen molar-refractivity contribution in [2.75, 3.05) is 0 Å². The fourth-order valence-electron chi connectivity index (χ4n) is 7.50. The van der Waals surface area contributed by atoms with Crippen molar-refractivity contribution in [3.8, 4) is 0 Å². The van der Waals surface area contributed by atoms with Gasteiger partial charge >= 0.3 is 198 Å². The van der Waals surface area contributed by atoms with Crippen molar-refractivity contribution in [2.45, 2.75) is 80.9 Å². The third-order valence-electron chi connectivity index (χ3n) is 9.12. The molecule has 2 fully saturated rings. The van der Waals surface area contributed by atoms with E-state index in [1.54, 1.807) is 44.5 Å². The zero-order valence-corrected chi connectivity index (χ0v) is 27.8. The second-order valence-electron chi connectivity index (χ2n) is 12.2. The number of hydrogen-bond acceptors (Lipinski definition) is 0. The molecule has 0 saturated heterocycles. The number of rotatable bonds is 6. The summed E-state index contributed by atoms with van der Waals surface area (Å²) >= 11 is -3.49. The van der Waals surface area contributed by atoms with Crippen LogP contribution >= 0.6 is 24.8 Å². The van der Waals surface area contributed by atoms with E-state index in [0.717, 1.165) is 11.8 Å². The number of fused-ring (bicyclic) bond motifs is 2. The predicted molar refractivity (Wildman–Crippen MR) is 154 cm³/mol. The van der Waals surface area contributed by atoms with Crippen LogP contribution in [0.25, 0.3) is 12.2 Å². The Balaban J connectivity index is 0.00000137. The standard InChI is InChI=1S/2C14H15.2CH3.2ClH.Hf.H2Si/c2*1-2-10-8-12-4-3-5-13(11-6-7-11)14(12)9-10;;;;;;/h2*3-5,8-9,11H,2,6-7H2,1H3;2*1H3;2*1H;;1H2. The van der Waals surface area contributed by atoms with Crippen molar-refractivity contribution in [1.29, 1.82) is 0 Å². The van der Waals surface area contributed by atoms with Gasteiger partial charge in [0.25, 0.3) is 0 Å². The average Bonchev–Trinajstić information content (AvgIpc) is 3.69. The van der Waals surface area contributed by atoms with Crippen LogP contribution in [-0.2, 0) is 17.1 Å². The van der Waals surface area contributed by atoms with Crippen molar-refractivity contribution in [3.05, 3.63) is 80.9 Å². The van der Waals surface area contributed by atoms with E-state index in [9.17, 15) is 0 Å². The van der Waals surface area contributed by atoms with Gasteiger partial charge in [-0.05, 0) is 0 Å². The van der Waals surface area contributed by atoms with Gasteiger partial charge in [-0.3, -0.25) is 0 Å². The summed E-state index contributed by atoms with van der Waals surface area (Å²) in [6.45, 7) is 7.33. The van der Waals surface area contributed by atoms with Gasteiger partial charge in [0.1, 0.15) is 0 Å². The molecule has 0 nitrogen and oxygen atoms in total. The van der Waals surface area contributed by atoms with Crippen LogP contribution in [0, 0.1) is 0 Å². The number of benzene rings is 2. The Kier molecular flexibility index (Phi) is 7.18. The summed E-state index contributed by atoms with van der Waals surface area (Å²) in [5, 5.41) is 0. The van der Waals surface area contributed by atoms with E-state index >= 15 is 0 Å². The number of allylic oxidation sites excluding steroid dienone is 2. The molecule has 2 unspecified atom stereocenters. The molecule has 6 rings (SSSR count). The van der Waals surface area contributed by atoms with Crippen LogP contribution in [0.3, 0.4) is 0 Å². The Morgan fingerprint density at radius 1 is 0.676 bits per heavy atom. The van der Waals surface area contributed by atoms with Crippen LogP contribution in [0.2, 0.25) is 9.36 Å². The van der Waals surface area contributed by atoms with Gasteiger partial charge in [0.05, 0.1) is 0 Å². The van der Waals surface area contributed by atoms with Crippen LogP contribution in [0.1, 0.15) is 105 Å². The van der Waals surface area contributed by atoms with Gasteiger partial charge in [-0.15, -0.1) is 24.8 Å². The largest absolute Gasteiger partial charge is 0.147 e. The molecular weight excluding hydrogens is 638 g/mol. The van der Waals surface area contributed by atoms with Gasteiger partial charge in [-0.1, -0.05) is 0 Å². The normalized spacial score (nSPS) is 23.3. The minimum absolute atomic E-state index is 0. The molecule has 182 valence electrons. The second kappa shape index (κ2) is 9.16. The third-order valence-corrected chi connectivity index (χ3v) is 34.3. The summed E-state index contributed by atoms with van der Waals surface area (Å²) in [5.74, 6) is 1.65. The first kappa shape index (κ1) is 26.6. The Hall–Kier alpha value is -0.413. The Morgan fingerprint density at radius 3 is 1.35 bits per heavy atom. The maximum atomic E-state index is 2.82. The molecule has 0 bridgehead atoms. The molecule has 0 heterocycles. The topological polar surface area (TPSA) is 0 Å². The molecule has 2 aromatic carbocycles. The summed E-state index contributed by atoms with van der Waals surface area (Å²) in [6, 6.07) is 14.6. The molecule has 0 radical (unpaired) electrons. The molecule has 2 saturated carbocycles. The number of hydrogen-bond donors (Lipinski definition) is 0. The Bertz CT molecular complexity index is 1170. The van der Waals surface area contributed by atoms with Gasteiger partial charge in [0, 0.05) is 0 Å². The maximum absolute atomic E-state index is 3.49. The van der Waals surface area contributed by atoms with E-state index < -0.39 is 17.1 Å². The van der Waals surface area contributed by atoms with Crippen LogP contribution in [0.4, 0.5) is 0 Å². The van der Waals surface area contributed by atoms with Gasteiger partial charge in [-0.2, -0.15) is 0 Å². The molecule has 0 aliphatic heterocycles. The molecule has 4 aliphatic rings. The van der Waals surface area contributed by atoms with Crippen LogP contribution in [0.5, 0.6) is 0 Å². The Labute approximate surface area is 221 Å². The molecule has 0 aromatic heterocycles. The smallest absolute Gasteiger partial charge is 0.147 e. The van der Waals surface area contributed by atoms with E-state index in [2.05, 4.69) is 78.7 Å². The van der Waals surface area contributed by atoms with E-state index in [1.807, 2.05) is 0 Å². The number of halogens is 2. The van der Waals surface area contributed by atoms with Crippen LogP contribution < -0.4 is 0 Å². The van der Waals surface area contributed by atoms with Crippen LogP contribution in [0.15, 0.2) is 47.5 Å². The summed E-state index contributed by atoms with van der Waals surface area (Å²) < 4.78 is 7.02.